The lowest BCUT2D eigenvalue weighted by Gasteiger charge is -2.32. The van der Waals surface area contributed by atoms with Gasteiger partial charge < -0.3 is 10.2 Å². The maximum absolute atomic E-state index is 12.6. The lowest BCUT2D eigenvalue weighted by Crippen LogP contribution is -2.44. The normalized spacial score (nSPS) is 18.5. The molecule has 1 heterocycles. The van der Waals surface area contributed by atoms with Gasteiger partial charge >= 0.3 is 0 Å². The van der Waals surface area contributed by atoms with E-state index in [1.54, 1.807) is 0 Å². The SMILES string of the molecule is CN(C(=O)c1ccc2c(c1)CCCC2)C1CCNCC1.Cl. The number of benzene rings is 1. The molecule has 0 bridgehead atoms. The maximum atomic E-state index is 12.6. The summed E-state index contributed by atoms with van der Waals surface area (Å²) >= 11 is 0. The highest BCUT2D eigenvalue weighted by molar-refractivity contribution is 5.94. The van der Waals surface area contributed by atoms with E-state index in [-0.39, 0.29) is 18.3 Å². The minimum atomic E-state index is 0. The van der Waals surface area contributed by atoms with Crippen LogP contribution < -0.4 is 5.32 Å². The molecule has 0 radical (unpaired) electrons. The Morgan fingerprint density at radius 3 is 2.52 bits per heavy atom. The molecule has 1 fully saturated rings. The van der Waals surface area contributed by atoms with E-state index in [4.69, 9.17) is 0 Å². The molecule has 0 aromatic heterocycles. The summed E-state index contributed by atoms with van der Waals surface area (Å²) in [5.74, 6) is 0.185. The zero-order chi connectivity index (χ0) is 13.9. The number of nitrogens with one attached hydrogen (secondary N) is 1. The second-order valence-corrected chi connectivity index (χ2v) is 6.09. The molecule has 1 aromatic carbocycles. The van der Waals surface area contributed by atoms with Gasteiger partial charge in [0.25, 0.3) is 5.91 Å². The van der Waals surface area contributed by atoms with Crippen molar-refractivity contribution in [2.45, 2.75) is 44.6 Å². The second kappa shape index (κ2) is 7.28. The Balaban J connectivity index is 0.00000161. The van der Waals surface area contributed by atoms with Crippen LogP contribution in [0.15, 0.2) is 18.2 Å². The van der Waals surface area contributed by atoms with Crippen molar-refractivity contribution in [3.63, 3.8) is 0 Å². The molecule has 1 aliphatic heterocycles. The van der Waals surface area contributed by atoms with Crippen LogP contribution in [0.1, 0.15) is 47.2 Å². The van der Waals surface area contributed by atoms with Gasteiger partial charge in [0, 0.05) is 18.7 Å². The van der Waals surface area contributed by atoms with Crippen LogP contribution in [0.3, 0.4) is 0 Å². The number of nitrogens with zero attached hydrogens (tertiary/aromatic N) is 1. The fourth-order valence-corrected chi connectivity index (χ4v) is 3.43. The molecule has 3 nitrogen and oxygen atoms in total. The van der Waals surface area contributed by atoms with Crippen molar-refractivity contribution in [3.05, 3.63) is 34.9 Å². The molecule has 4 heteroatoms. The van der Waals surface area contributed by atoms with Gasteiger partial charge in [-0.3, -0.25) is 4.79 Å². The molecule has 0 atom stereocenters. The lowest BCUT2D eigenvalue weighted by molar-refractivity contribution is 0.0703. The first kappa shape index (κ1) is 16.3. The molecule has 21 heavy (non-hydrogen) atoms. The van der Waals surface area contributed by atoms with E-state index >= 15 is 0 Å². The summed E-state index contributed by atoms with van der Waals surface area (Å²) in [5.41, 5.74) is 3.70. The first-order valence-corrected chi connectivity index (χ1v) is 7.85. The van der Waals surface area contributed by atoms with Crippen LogP contribution in [-0.2, 0) is 12.8 Å². The topological polar surface area (TPSA) is 32.3 Å². The van der Waals surface area contributed by atoms with Crippen molar-refractivity contribution in [1.82, 2.24) is 10.2 Å². The monoisotopic (exact) mass is 308 g/mol. The number of rotatable bonds is 2. The Kier molecular flexibility index (Phi) is 5.65. The van der Waals surface area contributed by atoms with E-state index in [1.807, 2.05) is 18.0 Å². The van der Waals surface area contributed by atoms with Gasteiger partial charge in [0.05, 0.1) is 0 Å². The fraction of sp³-hybridized carbons (Fsp3) is 0.588. The van der Waals surface area contributed by atoms with E-state index in [9.17, 15) is 4.79 Å². The number of carbonyl (C=O) groups is 1. The molecular formula is C17H25ClN2O. The number of carbonyl (C=O) groups excluding carboxylic acids is 1. The number of fused-ring (bicyclic) bond motifs is 1. The summed E-state index contributed by atoms with van der Waals surface area (Å²) < 4.78 is 0. The predicted octanol–water partition coefficient (Wildman–Crippen LogP) is 2.81. The van der Waals surface area contributed by atoms with Crippen LogP contribution in [0.5, 0.6) is 0 Å². The summed E-state index contributed by atoms with van der Waals surface area (Å²) in [4.78, 5) is 14.6. The third-order valence-electron chi connectivity index (χ3n) is 4.77. The first-order chi connectivity index (χ1) is 9.75. The average molecular weight is 309 g/mol. The molecule has 2 aliphatic rings. The molecule has 1 amide bonds. The Bertz CT molecular complexity index is 498. The van der Waals surface area contributed by atoms with Crippen molar-refractivity contribution in [3.8, 4) is 0 Å². The van der Waals surface area contributed by atoms with Crippen LogP contribution in [0.2, 0.25) is 0 Å². The molecule has 116 valence electrons. The summed E-state index contributed by atoms with van der Waals surface area (Å²) in [5, 5.41) is 3.35. The minimum Gasteiger partial charge on any atom is -0.339 e. The Hall–Kier alpha value is -1.06. The van der Waals surface area contributed by atoms with Crippen molar-refractivity contribution in [2.24, 2.45) is 0 Å². The highest BCUT2D eigenvalue weighted by Gasteiger charge is 2.23. The molecular weight excluding hydrogens is 284 g/mol. The van der Waals surface area contributed by atoms with Gasteiger partial charge in [0.15, 0.2) is 0 Å². The van der Waals surface area contributed by atoms with Gasteiger partial charge in [0.2, 0.25) is 0 Å². The summed E-state index contributed by atoms with van der Waals surface area (Å²) in [6.07, 6.45) is 6.98. The van der Waals surface area contributed by atoms with Gasteiger partial charge in [-0.05, 0) is 74.9 Å². The highest BCUT2D eigenvalue weighted by atomic mass is 35.5. The summed E-state index contributed by atoms with van der Waals surface area (Å²) in [7, 11) is 1.96. The third kappa shape index (κ3) is 3.58. The molecule has 1 N–H and O–H groups in total. The van der Waals surface area contributed by atoms with Crippen molar-refractivity contribution in [2.75, 3.05) is 20.1 Å². The molecule has 0 spiro atoms. The van der Waals surface area contributed by atoms with Gasteiger partial charge in [-0.1, -0.05) is 6.07 Å². The maximum Gasteiger partial charge on any atom is 0.253 e. The number of amides is 1. The zero-order valence-electron chi connectivity index (χ0n) is 12.7. The smallest absolute Gasteiger partial charge is 0.253 e. The van der Waals surface area contributed by atoms with Crippen molar-refractivity contribution < 1.29 is 4.79 Å². The van der Waals surface area contributed by atoms with Gasteiger partial charge in [-0.15, -0.1) is 12.4 Å². The highest BCUT2D eigenvalue weighted by Crippen LogP contribution is 2.23. The molecule has 0 unspecified atom stereocenters. The van der Waals surface area contributed by atoms with E-state index in [1.165, 1.54) is 30.4 Å². The number of hydrogen-bond acceptors (Lipinski definition) is 2. The summed E-state index contributed by atoms with van der Waals surface area (Å²) in [6, 6.07) is 6.70. The second-order valence-electron chi connectivity index (χ2n) is 6.09. The van der Waals surface area contributed by atoms with E-state index in [2.05, 4.69) is 17.4 Å². The van der Waals surface area contributed by atoms with Crippen LogP contribution in [0, 0.1) is 0 Å². The van der Waals surface area contributed by atoms with Crippen molar-refractivity contribution in [1.29, 1.82) is 0 Å². The van der Waals surface area contributed by atoms with E-state index in [0.29, 0.717) is 6.04 Å². The van der Waals surface area contributed by atoms with E-state index in [0.717, 1.165) is 37.9 Å². The number of piperidine rings is 1. The van der Waals surface area contributed by atoms with Crippen molar-refractivity contribution >= 4 is 18.3 Å². The standard InChI is InChI=1S/C17H24N2O.ClH/c1-19(16-8-10-18-11-9-16)17(20)15-7-6-13-4-2-3-5-14(13)12-15;/h6-7,12,16,18H,2-5,8-11H2,1H3;1H. The molecule has 1 aliphatic carbocycles. The van der Waals surface area contributed by atoms with Gasteiger partial charge in [-0.2, -0.15) is 0 Å². The average Bonchev–Trinajstić information content (AvgIpc) is 2.54. The summed E-state index contributed by atoms with van der Waals surface area (Å²) in [6.45, 7) is 2.04. The Labute approximate surface area is 133 Å². The third-order valence-corrected chi connectivity index (χ3v) is 4.77. The van der Waals surface area contributed by atoms with Crippen LogP contribution in [0.25, 0.3) is 0 Å². The fourth-order valence-electron chi connectivity index (χ4n) is 3.43. The van der Waals surface area contributed by atoms with Gasteiger partial charge in [0.1, 0.15) is 0 Å². The van der Waals surface area contributed by atoms with Crippen LogP contribution in [-0.4, -0.2) is 37.0 Å². The van der Waals surface area contributed by atoms with E-state index < -0.39 is 0 Å². The molecule has 0 saturated carbocycles. The Morgan fingerprint density at radius 2 is 1.81 bits per heavy atom. The first-order valence-electron chi connectivity index (χ1n) is 7.85. The molecule has 3 rings (SSSR count). The molecule has 1 aromatic rings. The zero-order valence-corrected chi connectivity index (χ0v) is 13.5. The predicted molar refractivity (Wildman–Crippen MR) is 88.3 cm³/mol. The lowest BCUT2D eigenvalue weighted by atomic mass is 9.90. The number of aryl methyl sites for hydroxylation is 2. The number of halogens is 1. The minimum absolute atomic E-state index is 0. The van der Waals surface area contributed by atoms with Crippen LogP contribution in [0.4, 0.5) is 0 Å². The van der Waals surface area contributed by atoms with Crippen LogP contribution >= 0.6 is 12.4 Å². The number of hydrogen-bond donors (Lipinski definition) is 1. The van der Waals surface area contributed by atoms with Gasteiger partial charge in [-0.25, -0.2) is 0 Å². The quantitative estimate of drug-likeness (QED) is 0.911. The Morgan fingerprint density at radius 1 is 1.14 bits per heavy atom. The largest absolute Gasteiger partial charge is 0.339 e. The molecule has 1 saturated heterocycles.